The van der Waals surface area contributed by atoms with E-state index in [2.05, 4.69) is 10.2 Å². The molecular weight excluding hydrogens is 353 g/mol. The Hall–Kier alpha value is -3.73. The molecule has 5 heteroatoms. The number of hydrogen-bond donors (Lipinski definition) is 1. The molecule has 1 aliphatic rings. The molecule has 28 heavy (non-hydrogen) atoms. The number of nitrogens with one attached hydrogen (secondary N) is 1. The largest absolute Gasteiger partial charge is 0.295 e. The average molecular weight is 369 g/mol. The summed E-state index contributed by atoms with van der Waals surface area (Å²) >= 11 is 0. The van der Waals surface area contributed by atoms with Gasteiger partial charge in [-0.05, 0) is 29.8 Å². The molecule has 0 fully saturated rings. The van der Waals surface area contributed by atoms with E-state index in [0.717, 1.165) is 28.1 Å². The molecule has 136 valence electrons. The molecular formula is C23H16FN3O. The number of amides is 1. The highest BCUT2D eigenvalue weighted by Gasteiger charge is 2.42. The van der Waals surface area contributed by atoms with Crippen LogP contribution in [-0.2, 0) is 0 Å². The Kier molecular flexibility index (Phi) is 3.79. The van der Waals surface area contributed by atoms with Crippen molar-refractivity contribution in [3.63, 3.8) is 0 Å². The number of halogens is 1. The van der Waals surface area contributed by atoms with Crippen molar-refractivity contribution in [2.75, 3.05) is 4.90 Å². The number of nitrogens with zero attached hydrogens (tertiary/aromatic N) is 2. The number of carbonyl (C=O) groups excluding carboxylic acids is 1. The first kappa shape index (κ1) is 16.4. The number of para-hydroxylation sites is 1. The predicted molar refractivity (Wildman–Crippen MR) is 106 cm³/mol. The summed E-state index contributed by atoms with van der Waals surface area (Å²) in [5.74, 6) is -0.458. The monoisotopic (exact) mass is 369 g/mol. The molecule has 5 rings (SSSR count). The third-order valence-corrected chi connectivity index (χ3v) is 5.04. The van der Waals surface area contributed by atoms with Crippen molar-refractivity contribution in [2.24, 2.45) is 0 Å². The van der Waals surface area contributed by atoms with E-state index in [9.17, 15) is 9.18 Å². The van der Waals surface area contributed by atoms with Gasteiger partial charge in [-0.1, -0.05) is 60.7 Å². The quantitative estimate of drug-likeness (QED) is 0.554. The molecule has 0 aliphatic carbocycles. The fourth-order valence-electron chi connectivity index (χ4n) is 3.78. The normalized spacial score (nSPS) is 15.7. The van der Waals surface area contributed by atoms with Crippen LogP contribution in [-0.4, -0.2) is 16.1 Å². The van der Waals surface area contributed by atoms with Gasteiger partial charge in [-0.25, -0.2) is 4.39 Å². The lowest BCUT2D eigenvalue weighted by Gasteiger charge is -2.26. The van der Waals surface area contributed by atoms with Crippen molar-refractivity contribution in [3.05, 3.63) is 108 Å². The fraction of sp³-hybridized carbons (Fsp3) is 0.0435. The smallest absolute Gasteiger partial charge is 0.277 e. The second-order valence-corrected chi connectivity index (χ2v) is 6.69. The van der Waals surface area contributed by atoms with Gasteiger partial charge in [-0.2, -0.15) is 5.10 Å². The Morgan fingerprint density at radius 2 is 1.50 bits per heavy atom. The predicted octanol–water partition coefficient (Wildman–Crippen LogP) is 4.97. The zero-order valence-electron chi connectivity index (χ0n) is 14.8. The van der Waals surface area contributed by atoms with Crippen molar-refractivity contribution >= 4 is 11.6 Å². The van der Waals surface area contributed by atoms with Gasteiger partial charge in [0.2, 0.25) is 0 Å². The van der Waals surface area contributed by atoms with Crippen LogP contribution in [0.15, 0.2) is 84.9 Å². The Morgan fingerprint density at radius 1 is 0.857 bits per heavy atom. The van der Waals surface area contributed by atoms with E-state index in [0.29, 0.717) is 5.69 Å². The van der Waals surface area contributed by atoms with Crippen LogP contribution in [0.25, 0.3) is 11.3 Å². The number of H-pyrrole nitrogens is 1. The first-order chi connectivity index (χ1) is 13.7. The summed E-state index contributed by atoms with van der Waals surface area (Å²) in [5.41, 5.74) is 4.55. The minimum atomic E-state index is -0.389. The number of fused-ring (bicyclic) bond motifs is 1. The summed E-state index contributed by atoms with van der Waals surface area (Å²) in [6.45, 7) is 0. The summed E-state index contributed by atoms with van der Waals surface area (Å²) in [5, 5.41) is 7.36. The lowest BCUT2D eigenvalue weighted by atomic mass is 9.96. The molecule has 2 heterocycles. The number of benzene rings is 3. The van der Waals surface area contributed by atoms with Crippen molar-refractivity contribution in [1.29, 1.82) is 0 Å². The maximum absolute atomic E-state index is 13.6. The topological polar surface area (TPSA) is 49.0 Å². The van der Waals surface area contributed by atoms with E-state index in [1.807, 2.05) is 60.7 Å². The summed E-state index contributed by atoms with van der Waals surface area (Å²) in [7, 11) is 0. The van der Waals surface area contributed by atoms with Crippen LogP contribution >= 0.6 is 0 Å². The molecule has 3 aromatic carbocycles. The van der Waals surface area contributed by atoms with Crippen LogP contribution in [0.2, 0.25) is 0 Å². The maximum Gasteiger partial charge on any atom is 0.277 e. The first-order valence-corrected chi connectivity index (χ1v) is 9.02. The summed E-state index contributed by atoms with van der Waals surface area (Å²) < 4.78 is 13.6. The van der Waals surface area contributed by atoms with Crippen LogP contribution in [0.1, 0.15) is 27.7 Å². The van der Waals surface area contributed by atoms with Crippen LogP contribution in [0.5, 0.6) is 0 Å². The van der Waals surface area contributed by atoms with E-state index in [4.69, 9.17) is 0 Å². The minimum absolute atomic E-state index is 0.148. The molecule has 0 saturated heterocycles. The van der Waals surface area contributed by atoms with Crippen molar-refractivity contribution in [1.82, 2.24) is 10.2 Å². The Bertz CT molecular complexity index is 1140. The van der Waals surface area contributed by atoms with Gasteiger partial charge in [0, 0.05) is 16.8 Å². The highest BCUT2D eigenvalue weighted by Crippen LogP contribution is 2.44. The lowest BCUT2D eigenvalue weighted by molar-refractivity contribution is 0.0989. The molecule has 4 nitrogen and oxygen atoms in total. The zero-order chi connectivity index (χ0) is 19.1. The molecule has 1 aliphatic heterocycles. The van der Waals surface area contributed by atoms with E-state index in [1.165, 1.54) is 12.1 Å². The second kappa shape index (κ2) is 6.46. The van der Waals surface area contributed by atoms with Gasteiger partial charge in [0.25, 0.3) is 5.91 Å². The van der Waals surface area contributed by atoms with Crippen LogP contribution in [0, 0.1) is 5.82 Å². The molecule has 0 bridgehead atoms. The number of anilines is 1. The molecule has 0 spiro atoms. The summed E-state index contributed by atoms with van der Waals surface area (Å²) in [6.07, 6.45) is 0. The van der Waals surface area contributed by atoms with E-state index >= 15 is 0 Å². The fourth-order valence-corrected chi connectivity index (χ4v) is 3.78. The molecule has 4 aromatic rings. The molecule has 1 amide bonds. The number of aromatic nitrogens is 2. The lowest BCUT2D eigenvalue weighted by Crippen LogP contribution is -2.29. The standard InChI is InChI=1S/C23H16FN3O/c24-17-13-11-16(12-14-17)22-19-20(15-7-3-1-4-8-15)25-26-21(19)23(28)27(22)18-9-5-2-6-10-18/h1-14,22H,(H,25,26)/t22-/m1/s1. The van der Waals surface area contributed by atoms with Crippen molar-refractivity contribution in [2.45, 2.75) is 6.04 Å². The SMILES string of the molecule is O=C1c2[nH]nc(-c3ccccc3)c2[C@@H](c2ccc(F)cc2)N1c1ccccc1. The van der Waals surface area contributed by atoms with Gasteiger partial charge in [0.05, 0.1) is 11.7 Å². The Labute approximate surface area is 161 Å². The number of carbonyl (C=O) groups is 1. The van der Waals surface area contributed by atoms with E-state index < -0.39 is 0 Å². The van der Waals surface area contributed by atoms with Crippen LogP contribution in [0.4, 0.5) is 10.1 Å². The zero-order valence-corrected chi connectivity index (χ0v) is 14.8. The van der Waals surface area contributed by atoms with Gasteiger partial charge >= 0.3 is 0 Å². The summed E-state index contributed by atoms with van der Waals surface area (Å²) in [6, 6.07) is 25.1. The number of aromatic amines is 1. The van der Waals surface area contributed by atoms with E-state index in [1.54, 1.807) is 17.0 Å². The van der Waals surface area contributed by atoms with Gasteiger partial charge in [-0.15, -0.1) is 0 Å². The van der Waals surface area contributed by atoms with Gasteiger partial charge in [-0.3, -0.25) is 14.8 Å². The first-order valence-electron chi connectivity index (χ1n) is 9.02. The van der Waals surface area contributed by atoms with Gasteiger partial charge in [0.15, 0.2) is 0 Å². The van der Waals surface area contributed by atoms with Crippen molar-refractivity contribution in [3.8, 4) is 11.3 Å². The van der Waals surface area contributed by atoms with Crippen LogP contribution in [0.3, 0.4) is 0 Å². The molecule has 0 saturated carbocycles. The second-order valence-electron chi connectivity index (χ2n) is 6.69. The average Bonchev–Trinajstić information content (AvgIpc) is 3.29. The highest BCUT2D eigenvalue weighted by atomic mass is 19.1. The number of hydrogen-bond acceptors (Lipinski definition) is 2. The third kappa shape index (κ3) is 2.52. The Balaban J connectivity index is 1.73. The summed E-state index contributed by atoms with van der Waals surface area (Å²) in [4.78, 5) is 15.0. The molecule has 0 radical (unpaired) electrons. The molecule has 1 atom stereocenters. The third-order valence-electron chi connectivity index (χ3n) is 5.04. The van der Waals surface area contributed by atoms with Crippen molar-refractivity contribution < 1.29 is 9.18 Å². The number of rotatable bonds is 3. The highest BCUT2D eigenvalue weighted by molar-refractivity contribution is 6.11. The maximum atomic E-state index is 13.6. The minimum Gasteiger partial charge on any atom is -0.295 e. The molecule has 1 N–H and O–H groups in total. The Morgan fingerprint density at radius 3 is 2.18 bits per heavy atom. The van der Waals surface area contributed by atoms with Gasteiger partial charge < -0.3 is 0 Å². The molecule has 1 aromatic heterocycles. The van der Waals surface area contributed by atoms with Gasteiger partial charge in [0.1, 0.15) is 11.5 Å². The molecule has 0 unspecified atom stereocenters. The van der Waals surface area contributed by atoms with Crippen LogP contribution < -0.4 is 4.90 Å². The van der Waals surface area contributed by atoms with E-state index in [-0.39, 0.29) is 17.8 Å².